The Bertz CT molecular complexity index is 836. The molecule has 0 unspecified atom stereocenters. The zero-order valence-electron chi connectivity index (χ0n) is 15.2. The van der Waals surface area contributed by atoms with Gasteiger partial charge in [0.25, 0.3) is 5.91 Å². The summed E-state index contributed by atoms with van der Waals surface area (Å²) >= 11 is 0. The van der Waals surface area contributed by atoms with E-state index in [9.17, 15) is 14.0 Å². The maximum atomic E-state index is 13.2. The van der Waals surface area contributed by atoms with Crippen LogP contribution in [0.25, 0.3) is 0 Å². The molecule has 0 aliphatic carbocycles. The number of hydrogen-bond acceptors (Lipinski definition) is 3. The highest BCUT2D eigenvalue weighted by molar-refractivity contribution is 6.15. The average molecular weight is 366 g/mol. The minimum Gasteiger partial charge on any atom is -0.339 e. The first-order valence-electron chi connectivity index (χ1n) is 9.53. The molecule has 2 aromatic carbocycles. The van der Waals surface area contributed by atoms with Crippen molar-refractivity contribution in [1.82, 2.24) is 10.2 Å². The normalized spacial score (nSPS) is 22.2. The van der Waals surface area contributed by atoms with E-state index in [2.05, 4.69) is 5.32 Å². The van der Waals surface area contributed by atoms with E-state index in [1.54, 1.807) is 24.3 Å². The van der Waals surface area contributed by atoms with Crippen LogP contribution in [0.5, 0.6) is 0 Å². The molecule has 2 aliphatic rings. The summed E-state index contributed by atoms with van der Waals surface area (Å²) in [7, 11) is 0. The Labute approximate surface area is 158 Å². The van der Waals surface area contributed by atoms with Gasteiger partial charge in [-0.2, -0.15) is 0 Å². The Morgan fingerprint density at radius 2 is 1.48 bits per heavy atom. The summed E-state index contributed by atoms with van der Waals surface area (Å²) in [5, 5.41) is 3.44. The van der Waals surface area contributed by atoms with Crippen molar-refractivity contribution in [2.24, 2.45) is 11.8 Å². The van der Waals surface area contributed by atoms with Gasteiger partial charge in [0.05, 0.1) is 5.56 Å². The summed E-state index contributed by atoms with van der Waals surface area (Å²) in [4.78, 5) is 28.0. The fourth-order valence-electron chi connectivity index (χ4n) is 4.22. The lowest BCUT2D eigenvalue weighted by Gasteiger charge is -2.22. The molecule has 4 nitrogen and oxygen atoms in total. The second kappa shape index (κ2) is 7.61. The molecule has 27 heavy (non-hydrogen) atoms. The highest BCUT2D eigenvalue weighted by atomic mass is 19.1. The predicted octanol–water partition coefficient (Wildman–Crippen LogP) is 3.13. The van der Waals surface area contributed by atoms with Gasteiger partial charge in [-0.25, -0.2) is 4.39 Å². The molecule has 1 amide bonds. The number of fused-ring (bicyclic) bond motifs is 1. The van der Waals surface area contributed by atoms with Gasteiger partial charge >= 0.3 is 0 Å². The highest BCUT2D eigenvalue weighted by Gasteiger charge is 2.32. The number of nitrogens with zero attached hydrogens (tertiary/aromatic N) is 1. The van der Waals surface area contributed by atoms with Crippen LogP contribution in [0.3, 0.4) is 0 Å². The first-order valence-corrected chi connectivity index (χ1v) is 9.53. The third-order valence-corrected chi connectivity index (χ3v) is 5.82. The lowest BCUT2D eigenvalue weighted by Crippen LogP contribution is -2.33. The SMILES string of the molecule is O=C(c1ccc(F)cc1)c1ccccc1C(=O)N1CC[C@@H]2CNC[C@@H]2CC1. The van der Waals surface area contributed by atoms with E-state index in [4.69, 9.17) is 0 Å². The van der Waals surface area contributed by atoms with Crippen LogP contribution in [-0.2, 0) is 0 Å². The van der Waals surface area contributed by atoms with Crippen molar-refractivity contribution in [1.29, 1.82) is 0 Å². The maximum absolute atomic E-state index is 13.2. The third-order valence-electron chi connectivity index (χ3n) is 5.82. The summed E-state index contributed by atoms with van der Waals surface area (Å²) in [6.45, 7) is 3.51. The molecule has 140 valence electrons. The smallest absolute Gasteiger partial charge is 0.254 e. The lowest BCUT2D eigenvalue weighted by atomic mass is 9.92. The number of likely N-dealkylation sites (tertiary alicyclic amines) is 1. The maximum Gasteiger partial charge on any atom is 0.254 e. The minimum atomic E-state index is -0.388. The van der Waals surface area contributed by atoms with E-state index in [0.717, 1.165) is 39.0 Å². The van der Waals surface area contributed by atoms with Crippen molar-refractivity contribution in [2.45, 2.75) is 12.8 Å². The minimum absolute atomic E-state index is 0.0889. The summed E-state index contributed by atoms with van der Waals surface area (Å²) < 4.78 is 13.2. The van der Waals surface area contributed by atoms with Crippen LogP contribution in [0.4, 0.5) is 4.39 Å². The Morgan fingerprint density at radius 3 is 2.11 bits per heavy atom. The zero-order chi connectivity index (χ0) is 18.8. The first kappa shape index (κ1) is 17.9. The molecule has 1 N–H and O–H groups in total. The molecule has 2 fully saturated rings. The number of amides is 1. The second-order valence-electron chi connectivity index (χ2n) is 7.43. The molecule has 2 heterocycles. The van der Waals surface area contributed by atoms with Gasteiger partial charge in [0, 0.05) is 24.2 Å². The molecule has 5 heteroatoms. The quantitative estimate of drug-likeness (QED) is 0.849. The molecule has 2 atom stereocenters. The van der Waals surface area contributed by atoms with Gasteiger partial charge in [0.1, 0.15) is 5.82 Å². The summed E-state index contributed by atoms with van der Waals surface area (Å²) in [6, 6.07) is 12.4. The fraction of sp³-hybridized carbons (Fsp3) is 0.364. The van der Waals surface area contributed by atoms with Crippen molar-refractivity contribution in [3.8, 4) is 0 Å². The number of carbonyl (C=O) groups is 2. The van der Waals surface area contributed by atoms with Crippen molar-refractivity contribution >= 4 is 11.7 Å². The van der Waals surface area contributed by atoms with E-state index in [-0.39, 0.29) is 17.5 Å². The standard InChI is InChI=1S/C22H23FN2O2/c23-18-7-5-15(6-8-18)21(26)19-3-1-2-4-20(19)22(27)25-11-9-16-13-24-14-17(16)10-12-25/h1-8,16-17,24H,9-14H2/t16-,17+. The van der Waals surface area contributed by atoms with Gasteiger partial charge in [-0.1, -0.05) is 18.2 Å². The zero-order valence-corrected chi connectivity index (χ0v) is 15.2. The van der Waals surface area contributed by atoms with Crippen LogP contribution in [0.2, 0.25) is 0 Å². The molecule has 0 aromatic heterocycles. The van der Waals surface area contributed by atoms with E-state index >= 15 is 0 Å². The second-order valence-corrected chi connectivity index (χ2v) is 7.43. The van der Waals surface area contributed by atoms with E-state index in [1.807, 2.05) is 4.90 Å². The third kappa shape index (κ3) is 3.65. The van der Waals surface area contributed by atoms with Crippen molar-refractivity contribution in [3.63, 3.8) is 0 Å². The lowest BCUT2D eigenvalue weighted by molar-refractivity contribution is 0.0754. The van der Waals surface area contributed by atoms with Gasteiger partial charge in [-0.05, 0) is 68.1 Å². The van der Waals surface area contributed by atoms with Gasteiger partial charge < -0.3 is 10.2 Å². The average Bonchev–Trinajstić information content (AvgIpc) is 3.06. The molecule has 0 saturated carbocycles. The summed E-state index contributed by atoms with van der Waals surface area (Å²) in [5.74, 6) is 0.544. The monoisotopic (exact) mass is 366 g/mol. The van der Waals surface area contributed by atoms with Gasteiger partial charge in [-0.3, -0.25) is 9.59 Å². The molecule has 0 radical (unpaired) electrons. The molecular weight excluding hydrogens is 343 g/mol. The van der Waals surface area contributed by atoms with Crippen LogP contribution < -0.4 is 5.32 Å². The van der Waals surface area contributed by atoms with E-state index < -0.39 is 0 Å². The number of ketones is 1. The first-order chi connectivity index (χ1) is 13.1. The van der Waals surface area contributed by atoms with Gasteiger partial charge in [-0.15, -0.1) is 0 Å². The molecule has 2 aromatic rings. The van der Waals surface area contributed by atoms with E-state index in [1.165, 1.54) is 24.3 Å². The number of carbonyl (C=O) groups excluding carboxylic acids is 2. The van der Waals surface area contributed by atoms with Crippen LogP contribution in [0.15, 0.2) is 48.5 Å². The van der Waals surface area contributed by atoms with Crippen molar-refractivity contribution in [2.75, 3.05) is 26.2 Å². The van der Waals surface area contributed by atoms with Gasteiger partial charge in [0.2, 0.25) is 0 Å². The molecule has 2 saturated heterocycles. The highest BCUT2D eigenvalue weighted by Crippen LogP contribution is 2.28. The molecule has 0 spiro atoms. The summed E-state index contributed by atoms with van der Waals surface area (Å²) in [6.07, 6.45) is 2.00. The molecule has 4 rings (SSSR count). The predicted molar refractivity (Wildman–Crippen MR) is 101 cm³/mol. The van der Waals surface area contributed by atoms with Gasteiger partial charge in [0.15, 0.2) is 5.78 Å². The Kier molecular flexibility index (Phi) is 5.03. The number of hydrogen-bond donors (Lipinski definition) is 1. The van der Waals surface area contributed by atoms with Crippen LogP contribution >= 0.6 is 0 Å². The number of halogens is 1. The largest absolute Gasteiger partial charge is 0.339 e. The number of rotatable bonds is 3. The Hall–Kier alpha value is -2.53. The summed E-state index contributed by atoms with van der Waals surface area (Å²) in [5.41, 5.74) is 1.19. The Morgan fingerprint density at radius 1 is 0.889 bits per heavy atom. The molecular formula is C22H23FN2O2. The Balaban J connectivity index is 1.57. The topological polar surface area (TPSA) is 49.4 Å². The van der Waals surface area contributed by atoms with Crippen LogP contribution in [0.1, 0.15) is 39.1 Å². The van der Waals surface area contributed by atoms with E-state index in [0.29, 0.717) is 28.5 Å². The molecule has 2 aliphatic heterocycles. The molecule has 0 bridgehead atoms. The van der Waals surface area contributed by atoms with Crippen molar-refractivity contribution < 1.29 is 14.0 Å². The number of nitrogens with one attached hydrogen (secondary N) is 1. The number of benzene rings is 2. The van der Waals surface area contributed by atoms with Crippen LogP contribution in [0, 0.1) is 17.7 Å². The van der Waals surface area contributed by atoms with Crippen LogP contribution in [-0.4, -0.2) is 42.8 Å². The fourth-order valence-corrected chi connectivity index (χ4v) is 4.22. The van der Waals surface area contributed by atoms with Crippen molar-refractivity contribution in [3.05, 3.63) is 71.0 Å².